The molecule has 0 aliphatic rings. The minimum atomic E-state index is -3.59. The summed E-state index contributed by atoms with van der Waals surface area (Å²) in [4.78, 5) is 11.4. The molecule has 2 N–H and O–H groups in total. The van der Waals surface area contributed by atoms with Crippen LogP contribution < -0.4 is 4.72 Å². The van der Waals surface area contributed by atoms with Gasteiger partial charge in [0.1, 0.15) is 0 Å². The monoisotopic (exact) mass is 347 g/mol. The maximum Gasteiger partial charge on any atom is 0.335 e. The molecule has 2 rings (SSSR count). The van der Waals surface area contributed by atoms with E-state index in [9.17, 15) is 18.3 Å². The van der Waals surface area contributed by atoms with Crippen molar-refractivity contribution in [1.82, 2.24) is 4.72 Å². The van der Waals surface area contributed by atoms with Crippen molar-refractivity contribution in [3.05, 3.63) is 53.6 Å². The van der Waals surface area contributed by atoms with Crippen LogP contribution in [0.3, 0.4) is 0 Å². The largest absolute Gasteiger partial charge is 0.478 e. The number of sulfonamides is 1. The maximum atomic E-state index is 12.3. The van der Waals surface area contributed by atoms with E-state index in [0.29, 0.717) is 5.56 Å². The van der Waals surface area contributed by atoms with Crippen LogP contribution >= 0.6 is 0 Å². The molecule has 0 amide bonds. The van der Waals surface area contributed by atoms with Crippen molar-refractivity contribution in [2.45, 2.75) is 38.1 Å². The Hall–Kier alpha value is -2.18. The van der Waals surface area contributed by atoms with Gasteiger partial charge in [0.2, 0.25) is 10.0 Å². The highest BCUT2D eigenvalue weighted by Crippen LogP contribution is 2.27. The number of hydrogen-bond acceptors (Lipinski definition) is 3. The van der Waals surface area contributed by atoms with Crippen LogP contribution in [0.15, 0.2) is 47.4 Å². The van der Waals surface area contributed by atoms with E-state index in [1.54, 1.807) is 52.0 Å². The quantitative estimate of drug-likeness (QED) is 0.887. The summed E-state index contributed by atoms with van der Waals surface area (Å²) in [5.74, 6) is -0.983. The maximum absolute atomic E-state index is 12.3. The smallest absolute Gasteiger partial charge is 0.335 e. The number of carbonyl (C=O) groups is 1. The molecule has 0 fully saturated rings. The summed E-state index contributed by atoms with van der Waals surface area (Å²) >= 11 is 0. The molecule has 0 spiro atoms. The lowest BCUT2D eigenvalue weighted by Gasteiger charge is -2.20. The summed E-state index contributed by atoms with van der Waals surface area (Å²) in [5, 5.41) is 9.21. The molecule has 128 valence electrons. The Morgan fingerprint density at radius 3 is 2.12 bits per heavy atom. The van der Waals surface area contributed by atoms with Gasteiger partial charge in [-0.15, -0.1) is 0 Å². The number of benzene rings is 2. The van der Waals surface area contributed by atoms with Crippen LogP contribution in [0.2, 0.25) is 0 Å². The number of carboxylic acids is 1. The zero-order valence-corrected chi connectivity index (χ0v) is 14.9. The topological polar surface area (TPSA) is 83.5 Å². The molecular weight excluding hydrogens is 326 g/mol. The molecule has 0 aliphatic carbocycles. The number of aromatic carboxylic acids is 1. The second-order valence-electron chi connectivity index (χ2n) is 6.66. The summed E-state index contributed by atoms with van der Waals surface area (Å²) in [7, 11) is -3.59. The second-order valence-corrected chi connectivity index (χ2v) is 8.35. The van der Waals surface area contributed by atoms with E-state index in [1.165, 1.54) is 12.1 Å². The Kier molecular flexibility index (Phi) is 4.82. The average molecular weight is 347 g/mol. The Morgan fingerprint density at radius 2 is 1.62 bits per heavy atom. The van der Waals surface area contributed by atoms with Gasteiger partial charge >= 0.3 is 5.97 Å². The zero-order valence-electron chi connectivity index (χ0n) is 14.1. The van der Waals surface area contributed by atoms with Gasteiger partial charge in [-0.1, -0.05) is 24.3 Å². The van der Waals surface area contributed by atoms with Gasteiger partial charge in [-0.2, -0.15) is 0 Å². The predicted molar refractivity (Wildman–Crippen MR) is 93.6 cm³/mol. The van der Waals surface area contributed by atoms with Gasteiger partial charge in [-0.3, -0.25) is 0 Å². The molecule has 0 atom stereocenters. The predicted octanol–water partition coefficient (Wildman–Crippen LogP) is 3.44. The van der Waals surface area contributed by atoms with E-state index in [2.05, 4.69) is 4.72 Å². The standard InChI is InChI=1S/C18H21NO4S/c1-12-15(6-5-7-16(12)17(20)21)13-8-10-14(11-9-13)24(22,23)19-18(2,3)4/h5-11,19H,1-4H3,(H,20,21). The van der Waals surface area contributed by atoms with Crippen molar-refractivity contribution >= 4 is 16.0 Å². The van der Waals surface area contributed by atoms with Gasteiger partial charge in [-0.05, 0) is 62.6 Å². The van der Waals surface area contributed by atoms with Crippen LogP contribution in [0.4, 0.5) is 0 Å². The van der Waals surface area contributed by atoms with E-state index in [1.807, 2.05) is 6.07 Å². The Balaban J connectivity index is 2.41. The van der Waals surface area contributed by atoms with Gasteiger partial charge in [0.05, 0.1) is 10.5 Å². The molecule has 0 bridgehead atoms. The molecule has 5 nitrogen and oxygen atoms in total. The van der Waals surface area contributed by atoms with Gasteiger partial charge < -0.3 is 5.11 Å². The molecule has 0 heterocycles. The van der Waals surface area contributed by atoms with E-state index in [0.717, 1.165) is 11.1 Å². The van der Waals surface area contributed by atoms with E-state index >= 15 is 0 Å². The highest BCUT2D eigenvalue weighted by molar-refractivity contribution is 7.89. The van der Waals surface area contributed by atoms with Gasteiger partial charge in [0, 0.05) is 5.54 Å². The third-order valence-electron chi connectivity index (χ3n) is 3.48. The van der Waals surface area contributed by atoms with Crippen LogP contribution in [-0.2, 0) is 10.0 Å². The van der Waals surface area contributed by atoms with Gasteiger partial charge in [0.25, 0.3) is 0 Å². The van der Waals surface area contributed by atoms with Crippen molar-refractivity contribution in [2.24, 2.45) is 0 Å². The lowest BCUT2D eigenvalue weighted by molar-refractivity contribution is 0.0696. The van der Waals surface area contributed by atoms with Crippen LogP contribution in [-0.4, -0.2) is 25.0 Å². The number of hydrogen-bond donors (Lipinski definition) is 2. The SMILES string of the molecule is Cc1c(C(=O)O)cccc1-c1ccc(S(=O)(=O)NC(C)(C)C)cc1. The Labute approximate surface area is 142 Å². The number of nitrogens with one attached hydrogen (secondary N) is 1. The average Bonchev–Trinajstić information content (AvgIpc) is 2.45. The second kappa shape index (κ2) is 6.37. The summed E-state index contributed by atoms with van der Waals surface area (Å²) in [6, 6.07) is 11.5. The van der Waals surface area contributed by atoms with Gasteiger partial charge in [0.15, 0.2) is 0 Å². The molecule has 2 aromatic rings. The third-order valence-corrected chi connectivity index (χ3v) is 5.25. The van der Waals surface area contributed by atoms with Crippen LogP contribution in [0.1, 0.15) is 36.7 Å². The zero-order chi connectivity index (χ0) is 18.1. The summed E-state index contributed by atoms with van der Waals surface area (Å²) in [6.07, 6.45) is 0. The van der Waals surface area contributed by atoms with Crippen molar-refractivity contribution in [2.75, 3.05) is 0 Å². The normalized spacial score (nSPS) is 12.2. The molecule has 6 heteroatoms. The molecule has 0 unspecified atom stereocenters. The Morgan fingerprint density at radius 1 is 1.04 bits per heavy atom. The van der Waals surface area contributed by atoms with E-state index in [4.69, 9.17) is 0 Å². The molecule has 0 aliphatic heterocycles. The van der Waals surface area contributed by atoms with E-state index < -0.39 is 21.5 Å². The molecule has 0 aromatic heterocycles. The van der Waals surface area contributed by atoms with Gasteiger partial charge in [-0.25, -0.2) is 17.9 Å². The van der Waals surface area contributed by atoms with E-state index in [-0.39, 0.29) is 10.5 Å². The first-order valence-electron chi connectivity index (χ1n) is 7.48. The molecule has 2 aromatic carbocycles. The van der Waals surface area contributed by atoms with Crippen LogP contribution in [0.5, 0.6) is 0 Å². The molecule has 24 heavy (non-hydrogen) atoms. The third kappa shape index (κ3) is 4.01. The molecule has 0 saturated heterocycles. The highest BCUT2D eigenvalue weighted by Gasteiger charge is 2.22. The molecular formula is C18H21NO4S. The highest BCUT2D eigenvalue weighted by atomic mass is 32.2. The van der Waals surface area contributed by atoms with Crippen LogP contribution in [0, 0.1) is 6.92 Å². The fourth-order valence-electron chi connectivity index (χ4n) is 2.46. The van der Waals surface area contributed by atoms with Crippen molar-refractivity contribution in [3.8, 4) is 11.1 Å². The summed E-state index contributed by atoms with van der Waals surface area (Å²) in [6.45, 7) is 7.07. The van der Waals surface area contributed by atoms with Crippen LogP contribution in [0.25, 0.3) is 11.1 Å². The minimum absolute atomic E-state index is 0.174. The van der Waals surface area contributed by atoms with Crippen molar-refractivity contribution < 1.29 is 18.3 Å². The first kappa shape index (κ1) is 18.2. The lowest BCUT2D eigenvalue weighted by atomic mass is 9.96. The van der Waals surface area contributed by atoms with Crippen molar-refractivity contribution in [3.63, 3.8) is 0 Å². The first-order chi connectivity index (χ1) is 11.0. The molecule has 0 radical (unpaired) electrons. The first-order valence-corrected chi connectivity index (χ1v) is 8.97. The van der Waals surface area contributed by atoms with Crippen molar-refractivity contribution in [1.29, 1.82) is 0 Å². The minimum Gasteiger partial charge on any atom is -0.478 e. The summed E-state index contributed by atoms with van der Waals surface area (Å²) < 4.78 is 27.2. The number of carboxylic acid groups (broad SMARTS) is 1. The fourth-order valence-corrected chi connectivity index (χ4v) is 3.87. The number of rotatable bonds is 4. The lowest BCUT2D eigenvalue weighted by Crippen LogP contribution is -2.40. The molecule has 0 saturated carbocycles. The summed E-state index contributed by atoms with van der Waals surface area (Å²) in [5.41, 5.74) is 1.85. The fraction of sp³-hybridized carbons (Fsp3) is 0.278. The Bertz CT molecular complexity index is 863.